The average molecular weight is 293 g/mol. The number of carbonyl (C=O) groups is 1. The Kier molecular flexibility index (Phi) is 4.14. The summed E-state index contributed by atoms with van der Waals surface area (Å²) < 4.78 is 36.6. The minimum atomic E-state index is -3.53. The lowest BCUT2D eigenvalue weighted by Gasteiger charge is -2.37. The number of nitrogens with zero attached hydrogens (tertiary/aromatic N) is 1. The van der Waals surface area contributed by atoms with Gasteiger partial charge in [-0.25, -0.2) is 12.7 Å². The molecule has 0 bridgehead atoms. The average Bonchev–Trinajstić information content (AvgIpc) is 2.77. The van der Waals surface area contributed by atoms with E-state index in [4.69, 9.17) is 14.6 Å². The molecule has 0 saturated carbocycles. The van der Waals surface area contributed by atoms with Crippen LogP contribution >= 0.6 is 0 Å². The fourth-order valence-corrected chi connectivity index (χ4v) is 4.11. The van der Waals surface area contributed by atoms with E-state index in [-0.39, 0.29) is 5.75 Å². The van der Waals surface area contributed by atoms with Gasteiger partial charge in [-0.05, 0) is 0 Å². The summed E-state index contributed by atoms with van der Waals surface area (Å²) in [6, 6.07) is 0. The van der Waals surface area contributed by atoms with Gasteiger partial charge in [0.2, 0.25) is 10.0 Å². The number of rotatable bonds is 4. The maximum atomic E-state index is 12.1. The van der Waals surface area contributed by atoms with Gasteiger partial charge in [0, 0.05) is 25.9 Å². The second-order valence-corrected chi connectivity index (χ2v) is 7.04. The zero-order chi connectivity index (χ0) is 14.1. The fourth-order valence-electron chi connectivity index (χ4n) is 2.38. The molecular formula is C11H19NO6S. The number of ether oxygens (including phenoxy) is 2. The highest BCUT2D eigenvalue weighted by Gasteiger charge is 2.42. The first-order chi connectivity index (χ1) is 8.85. The van der Waals surface area contributed by atoms with Crippen molar-refractivity contribution in [3.63, 3.8) is 0 Å². The highest BCUT2D eigenvalue weighted by molar-refractivity contribution is 7.89. The Labute approximate surface area is 112 Å². The van der Waals surface area contributed by atoms with Crippen LogP contribution in [0.25, 0.3) is 0 Å². The number of sulfonamides is 1. The van der Waals surface area contributed by atoms with E-state index in [2.05, 4.69) is 0 Å². The number of carboxylic acid groups (broad SMARTS) is 1. The minimum Gasteiger partial charge on any atom is -0.481 e. The molecule has 2 heterocycles. The van der Waals surface area contributed by atoms with Gasteiger partial charge >= 0.3 is 5.97 Å². The largest absolute Gasteiger partial charge is 0.481 e. The van der Waals surface area contributed by atoms with Crippen molar-refractivity contribution in [3.05, 3.63) is 0 Å². The van der Waals surface area contributed by atoms with Gasteiger partial charge in [0.25, 0.3) is 0 Å². The van der Waals surface area contributed by atoms with Crippen molar-refractivity contribution < 1.29 is 27.8 Å². The molecule has 8 heteroatoms. The minimum absolute atomic E-state index is 0.314. The lowest BCUT2D eigenvalue weighted by Crippen LogP contribution is -2.48. The zero-order valence-electron chi connectivity index (χ0n) is 10.9. The highest BCUT2D eigenvalue weighted by atomic mass is 32.2. The number of hydrogen-bond donors (Lipinski definition) is 1. The standard InChI is InChI=1S/C11H19NO6S/c1-9(10(13)14)8-19(15,16)12-4-2-11(3-5-12)17-6-7-18-11/h9H,2-8H2,1H3,(H,13,14). The molecule has 0 amide bonds. The van der Waals surface area contributed by atoms with Crippen LogP contribution in [-0.2, 0) is 24.3 Å². The summed E-state index contributed by atoms with van der Waals surface area (Å²) in [5, 5.41) is 8.79. The van der Waals surface area contributed by atoms with Crippen LogP contribution in [-0.4, -0.2) is 61.6 Å². The van der Waals surface area contributed by atoms with E-state index in [1.165, 1.54) is 11.2 Å². The van der Waals surface area contributed by atoms with Gasteiger partial charge in [0.1, 0.15) is 0 Å². The molecule has 0 radical (unpaired) electrons. The summed E-state index contributed by atoms with van der Waals surface area (Å²) in [7, 11) is -3.53. The molecule has 2 aliphatic rings. The van der Waals surface area contributed by atoms with Gasteiger partial charge in [-0.1, -0.05) is 6.92 Å². The van der Waals surface area contributed by atoms with E-state index < -0.39 is 27.7 Å². The Morgan fingerprint density at radius 2 is 1.84 bits per heavy atom. The first-order valence-electron chi connectivity index (χ1n) is 6.33. The quantitative estimate of drug-likeness (QED) is 0.776. The summed E-state index contributed by atoms with van der Waals surface area (Å²) in [5.74, 6) is -2.99. The van der Waals surface area contributed by atoms with E-state index in [0.717, 1.165) is 0 Å². The smallest absolute Gasteiger partial charge is 0.307 e. The molecule has 110 valence electrons. The Morgan fingerprint density at radius 1 is 1.32 bits per heavy atom. The van der Waals surface area contributed by atoms with Gasteiger partial charge < -0.3 is 14.6 Å². The molecule has 1 atom stereocenters. The Balaban J connectivity index is 1.94. The van der Waals surface area contributed by atoms with Gasteiger partial charge in [-0.3, -0.25) is 4.79 Å². The lowest BCUT2D eigenvalue weighted by molar-refractivity contribution is -0.179. The summed E-state index contributed by atoms with van der Waals surface area (Å²) in [4.78, 5) is 10.7. The topological polar surface area (TPSA) is 93.1 Å². The fraction of sp³-hybridized carbons (Fsp3) is 0.909. The monoisotopic (exact) mass is 293 g/mol. The number of piperidine rings is 1. The van der Waals surface area contributed by atoms with Gasteiger partial charge in [-0.15, -0.1) is 0 Å². The van der Waals surface area contributed by atoms with Crippen molar-refractivity contribution in [2.24, 2.45) is 5.92 Å². The van der Waals surface area contributed by atoms with Crippen LogP contribution in [0.5, 0.6) is 0 Å². The maximum Gasteiger partial charge on any atom is 0.307 e. The van der Waals surface area contributed by atoms with E-state index in [1.807, 2.05) is 0 Å². The molecule has 0 aromatic rings. The molecule has 2 aliphatic heterocycles. The molecular weight excluding hydrogens is 274 g/mol. The van der Waals surface area contributed by atoms with Crippen molar-refractivity contribution in [3.8, 4) is 0 Å². The van der Waals surface area contributed by atoms with Crippen molar-refractivity contribution in [1.82, 2.24) is 4.31 Å². The zero-order valence-corrected chi connectivity index (χ0v) is 11.7. The Hall–Kier alpha value is -0.700. The second kappa shape index (κ2) is 5.35. The molecule has 1 N–H and O–H groups in total. The summed E-state index contributed by atoms with van der Waals surface area (Å²) >= 11 is 0. The molecule has 1 unspecified atom stereocenters. The Morgan fingerprint density at radius 3 is 2.32 bits per heavy atom. The second-order valence-electron chi connectivity index (χ2n) is 5.02. The van der Waals surface area contributed by atoms with Crippen molar-refractivity contribution >= 4 is 16.0 Å². The molecule has 1 spiro atoms. The van der Waals surface area contributed by atoms with E-state index in [1.54, 1.807) is 0 Å². The van der Waals surface area contributed by atoms with Crippen molar-refractivity contribution in [2.45, 2.75) is 25.6 Å². The third-order valence-corrected chi connectivity index (χ3v) is 5.65. The number of hydrogen-bond acceptors (Lipinski definition) is 5. The molecule has 7 nitrogen and oxygen atoms in total. The Bertz CT molecular complexity index is 432. The predicted molar refractivity (Wildman–Crippen MR) is 66.0 cm³/mol. The van der Waals surface area contributed by atoms with Crippen LogP contribution in [0.3, 0.4) is 0 Å². The van der Waals surface area contributed by atoms with Crippen LogP contribution in [0, 0.1) is 5.92 Å². The van der Waals surface area contributed by atoms with Gasteiger partial charge in [0.05, 0.1) is 24.9 Å². The summed E-state index contributed by atoms with van der Waals surface area (Å²) in [5.41, 5.74) is 0. The number of aliphatic carboxylic acids is 1. The van der Waals surface area contributed by atoms with E-state index >= 15 is 0 Å². The predicted octanol–water partition coefficient (Wildman–Crippen LogP) is -0.124. The van der Waals surface area contributed by atoms with Gasteiger partial charge in [-0.2, -0.15) is 0 Å². The maximum absolute atomic E-state index is 12.1. The molecule has 0 aromatic carbocycles. The van der Waals surface area contributed by atoms with Crippen LogP contribution in [0.15, 0.2) is 0 Å². The van der Waals surface area contributed by atoms with Crippen LogP contribution in [0.1, 0.15) is 19.8 Å². The molecule has 19 heavy (non-hydrogen) atoms. The summed E-state index contributed by atoms with van der Waals surface area (Å²) in [6.45, 7) is 3.11. The summed E-state index contributed by atoms with van der Waals surface area (Å²) in [6.07, 6.45) is 0.987. The number of carboxylic acids is 1. The molecule has 2 fully saturated rings. The van der Waals surface area contributed by atoms with Crippen LogP contribution in [0.2, 0.25) is 0 Å². The molecule has 0 aliphatic carbocycles. The normalized spacial score (nSPS) is 25.5. The first-order valence-corrected chi connectivity index (χ1v) is 7.94. The lowest BCUT2D eigenvalue weighted by atomic mass is 10.1. The van der Waals surface area contributed by atoms with Crippen molar-refractivity contribution in [1.29, 1.82) is 0 Å². The van der Waals surface area contributed by atoms with Gasteiger partial charge in [0.15, 0.2) is 5.79 Å². The molecule has 2 saturated heterocycles. The molecule has 2 rings (SSSR count). The first kappa shape index (κ1) is 14.7. The van der Waals surface area contributed by atoms with Crippen LogP contribution in [0.4, 0.5) is 0 Å². The van der Waals surface area contributed by atoms with E-state index in [9.17, 15) is 13.2 Å². The molecule has 0 aromatic heterocycles. The highest BCUT2D eigenvalue weighted by Crippen LogP contribution is 2.32. The third-order valence-electron chi connectivity index (χ3n) is 3.57. The SMILES string of the molecule is CC(CS(=O)(=O)N1CCC2(CC1)OCCO2)C(=O)O. The van der Waals surface area contributed by atoms with Crippen LogP contribution < -0.4 is 0 Å². The third kappa shape index (κ3) is 3.25. The van der Waals surface area contributed by atoms with E-state index in [0.29, 0.717) is 39.1 Å². The van der Waals surface area contributed by atoms with Crippen molar-refractivity contribution in [2.75, 3.05) is 32.1 Å².